The van der Waals surface area contributed by atoms with Crippen molar-refractivity contribution in [3.05, 3.63) is 101 Å². The van der Waals surface area contributed by atoms with Crippen LogP contribution < -0.4 is 10.1 Å². The number of anilines is 1. The third-order valence-electron chi connectivity index (χ3n) is 11.9. The molecule has 2 unspecified atom stereocenters. The van der Waals surface area contributed by atoms with Crippen LogP contribution in [0.1, 0.15) is 94.4 Å². The standard InChI is InChI=1S/C43H59N7O5SSi/c1-12-33-26-49(56(52,53)37-17-15-14-16-36(37)55-33)25-31-22-30(19-18-28(31)3)39(34-20-21-35-40(29(34)4)47-48-50(35)13-2)43(8,9)41(51)46-32-23-44-38(45-24-32)27-54-57(10,11)42(5,6)7/h14-24,33,39,52-53H,12-13,25-27H2,1-11H3,(H,46,51). The van der Waals surface area contributed by atoms with Gasteiger partial charge in [0.1, 0.15) is 22.3 Å². The Balaban J connectivity index is 1.36. The van der Waals surface area contributed by atoms with Crippen molar-refractivity contribution in [3.63, 3.8) is 0 Å². The molecular formula is C43H59N7O5SSi. The first-order valence-corrected chi connectivity index (χ1v) is 24.2. The fourth-order valence-electron chi connectivity index (χ4n) is 7.15. The van der Waals surface area contributed by atoms with Crippen molar-refractivity contribution in [2.24, 2.45) is 5.41 Å². The molecule has 5 aromatic rings. The molecule has 3 aromatic carbocycles. The second-order valence-electron chi connectivity index (χ2n) is 17.2. The molecule has 1 aliphatic heterocycles. The number of carbonyl (C=O) groups is 1. The van der Waals surface area contributed by atoms with Gasteiger partial charge in [-0.15, -0.1) is 15.9 Å². The number of nitrogens with zero attached hydrogens (tertiary/aromatic N) is 6. The lowest BCUT2D eigenvalue weighted by molar-refractivity contribution is -0.124. The average molecular weight is 814 g/mol. The molecule has 0 saturated heterocycles. The Morgan fingerprint density at radius 3 is 2.40 bits per heavy atom. The van der Waals surface area contributed by atoms with Gasteiger partial charge in [-0.3, -0.25) is 13.9 Å². The maximum atomic E-state index is 14.6. The molecule has 14 heteroatoms. The Kier molecular flexibility index (Phi) is 12.1. The van der Waals surface area contributed by atoms with Crippen LogP contribution in [0.15, 0.2) is 71.9 Å². The normalized spacial score (nSPS) is 17.4. The molecule has 6 rings (SSSR count). The van der Waals surface area contributed by atoms with Crippen molar-refractivity contribution >= 4 is 41.7 Å². The minimum atomic E-state index is -3.38. The highest BCUT2D eigenvalue weighted by molar-refractivity contribution is 8.22. The summed E-state index contributed by atoms with van der Waals surface area (Å²) in [5.74, 6) is 0.410. The summed E-state index contributed by atoms with van der Waals surface area (Å²) >= 11 is 0. The maximum absolute atomic E-state index is 14.6. The first kappa shape index (κ1) is 42.4. The van der Waals surface area contributed by atoms with E-state index in [1.807, 2.05) is 58.4 Å². The number of benzene rings is 3. The molecular weight excluding hydrogens is 755 g/mol. The third kappa shape index (κ3) is 8.53. The second kappa shape index (κ2) is 16.2. The van der Waals surface area contributed by atoms with Gasteiger partial charge >= 0.3 is 0 Å². The van der Waals surface area contributed by atoms with E-state index in [0.29, 0.717) is 48.3 Å². The number of nitrogens with one attached hydrogen (secondary N) is 1. The molecule has 12 nitrogen and oxygen atoms in total. The number of ether oxygens (including phenoxy) is 1. The summed E-state index contributed by atoms with van der Waals surface area (Å²) in [5.41, 5.74) is 5.90. The fourth-order valence-corrected chi connectivity index (χ4v) is 9.69. The van der Waals surface area contributed by atoms with E-state index < -0.39 is 30.4 Å². The lowest BCUT2D eigenvalue weighted by Gasteiger charge is -2.42. The van der Waals surface area contributed by atoms with Crippen LogP contribution in [0.25, 0.3) is 11.0 Å². The van der Waals surface area contributed by atoms with Gasteiger partial charge in [-0.25, -0.2) is 14.6 Å². The molecule has 2 atom stereocenters. The summed E-state index contributed by atoms with van der Waals surface area (Å²) < 4.78 is 39.8. The van der Waals surface area contributed by atoms with E-state index in [1.54, 1.807) is 34.9 Å². The number of hydrogen-bond donors (Lipinski definition) is 3. The molecule has 0 bridgehead atoms. The van der Waals surface area contributed by atoms with Crippen LogP contribution in [0.3, 0.4) is 0 Å². The highest BCUT2D eigenvalue weighted by Crippen LogP contribution is 2.57. The van der Waals surface area contributed by atoms with Gasteiger partial charge in [-0.2, -0.15) is 4.31 Å². The molecule has 0 aliphatic carbocycles. The number of aromatic nitrogens is 5. The monoisotopic (exact) mass is 813 g/mol. The molecule has 306 valence electrons. The Labute approximate surface area is 340 Å². The number of fused-ring (bicyclic) bond motifs is 2. The second-order valence-corrected chi connectivity index (χ2v) is 24.0. The Bertz CT molecular complexity index is 2240. The summed E-state index contributed by atoms with van der Waals surface area (Å²) in [4.78, 5) is 24.0. The zero-order valence-corrected chi connectivity index (χ0v) is 37.1. The van der Waals surface area contributed by atoms with Crippen molar-refractivity contribution in [3.8, 4) is 5.75 Å². The van der Waals surface area contributed by atoms with Crippen LogP contribution in [-0.4, -0.2) is 65.2 Å². The van der Waals surface area contributed by atoms with Crippen molar-refractivity contribution in [2.75, 3.05) is 11.9 Å². The first-order chi connectivity index (χ1) is 26.8. The van der Waals surface area contributed by atoms with E-state index in [9.17, 15) is 13.9 Å². The highest BCUT2D eigenvalue weighted by Gasteiger charge is 2.41. The predicted molar refractivity (Wildman–Crippen MR) is 230 cm³/mol. The zero-order valence-electron chi connectivity index (χ0n) is 35.3. The van der Waals surface area contributed by atoms with E-state index in [2.05, 4.69) is 83.7 Å². The summed E-state index contributed by atoms with van der Waals surface area (Å²) in [5, 5.41) is 12.1. The van der Waals surface area contributed by atoms with Crippen LogP contribution in [-0.2, 0) is 28.9 Å². The van der Waals surface area contributed by atoms with Crippen LogP contribution >= 0.6 is 10.8 Å². The van der Waals surface area contributed by atoms with Gasteiger partial charge in [0, 0.05) is 19.0 Å². The third-order valence-corrected chi connectivity index (χ3v) is 18.3. The van der Waals surface area contributed by atoms with Crippen molar-refractivity contribution in [1.29, 1.82) is 0 Å². The molecule has 57 heavy (non-hydrogen) atoms. The van der Waals surface area contributed by atoms with E-state index >= 15 is 0 Å². The minimum Gasteiger partial charge on any atom is -0.487 e. The summed E-state index contributed by atoms with van der Waals surface area (Å²) in [7, 11) is -5.38. The lowest BCUT2D eigenvalue weighted by Crippen LogP contribution is -2.40. The van der Waals surface area contributed by atoms with Gasteiger partial charge in [0.2, 0.25) is 5.91 Å². The van der Waals surface area contributed by atoms with Gasteiger partial charge in [-0.05, 0) is 91.3 Å². The number of para-hydroxylation sites is 1. The molecule has 2 aromatic heterocycles. The quantitative estimate of drug-likeness (QED) is 0.104. The zero-order chi connectivity index (χ0) is 41.5. The molecule has 0 fully saturated rings. The average Bonchev–Trinajstić information content (AvgIpc) is 3.55. The smallest absolute Gasteiger partial charge is 0.231 e. The van der Waals surface area contributed by atoms with Gasteiger partial charge in [-0.1, -0.05) is 83.2 Å². The molecule has 0 radical (unpaired) electrons. The van der Waals surface area contributed by atoms with Crippen LogP contribution in [0.4, 0.5) is 5.69 Å². The van der Waals surface area contributed by atoms with E-state index in [1.165, 1.54) is 0 Å². The van der Waals surface area contributed by atoms with Crippen LogP contribution in [0, 0.1) is 19.3 Å². The molecule has 3 N–H and O–H groups in total. The van der Waals surface area contributed by atoms with Crippen LogP contribution in [0.2, 0.25) is 18.1 Å². The van der Waals surface area contributed by atoms with Gasteiger partial charge in [0.15, 0.2) is 14.1 Å². The Hall–Kier alpha value is -4.18. The van der Waals surface area contributed by atoms with Crippen LogP contribution in [0.5, 0.6) is 5.75 Å². The van der Waals surface area contributed by atoms with Gasteiger partial charge in [0.05, 0.1) is 42.2 Å². The molecule has 1 aliphatic rings. The minimum absolute atomic E-state index is 0.0617. The molecule has 1 amide bonds. The number of carbonyl (C=O) groups excluding carboxylic acids is 1. The van der Waals surface area contributed by atoms with E-state index in [0.717, 1.165) is 38.9 Å². The number of aryl methyl sites for hydroxylation is 3. The Morgan fingerprint density at radius 2 is 1.74 bits per heavy atom. The van der Waals surface area contributed by atoms with Crippen molar-refractivity contribution in [1.82, 2.24) is 29.3 Å². The first-order valence-electron chi connectivity index (χ1n) is 19.8. The maximum Gasteiger partial charge on any atom is 0.231 e. The van der Waals surface area contributed by atoms with Gasteiger partial charge in [0.25, 0.3) is 0 Å². The highest BCUT2D eigenvalue weighted by atomic mass is 32.3. The van der Waals surface area contributed by atoms with Gasteiger partial charge < -0.3 is 14.5 Å². The SMILES string of the molecule is CCC1CN(Cc2cc(C(c3ccc4c(nnn4CC)c3C)C(C)(C)C(=O)Nc3cnc(CO[Si](C)(C)C(C)(C)C)nc3)ccc2C)S(O)(O)c2ccccc2O1. The number of amides is 1. The number of hydrogen-bond acceptors (Lipinski definition) is 10. The number of rotatable bonds is 12. The topological polar surface area (TPSA) is 148 Å². The fraction of sp³-hybridized carbons (Fsp3) is 0.465. The molecule has 0 spiro atoms. The molecule has 0 saturated carbocycles. The van der Waals surface area contributed by atoms with Crippen molar-refractivity contribution in [2.45, 2.75) is 123 Å². The van der Waals surface area contributed by atoms with E-state index in [-0.39, 0.29) is 23.6 Å². The van der Waals surface area contributed by atoms with E-state index in [4.69, 9.17) is 9.16 Å². The predicted octanol–water partition coefficient (Wildman–Crippen LogP) is 9.87. The molecule has 3 heterocycles. The summed E-state index contributed by atoms with van der Waals surface area (Å²) in [6, 6.07) is 17.5. The summed E-state index contributed by atoms with van der Waals surface area (Å²) in [6.45, 7) is 24.6. The Morgan fingerprint density at radius 1 is 1.04 bits per heavy atom. The van der Waals surface area contributed by atoms with Crippen molar-refractivity contribution < 1.29 is 23.1 Å². The summed E-state index contributed by atoms with van der Waals surface area (Å²) in [6.07, 6.45) is 3.74. The largest absolute Gasteiger partial charge is 0.487 e. The lowest BCUT2D eigenvalue weighted by atomic mass is 9.69.